The molecule has 2 heterocycles. The maximum absolute atomic E-state index is 13.2. The SMILES string of the molecule is CCCCCCCC(=O)c1nc2c(=O)c3cc4c(cc3c2s1)c(=O)c1nc(C(=O)CCCCCCC)sc14. The molecule has 3 aromatic carbocycles. The van der Waals surface area contributed by atoms with Crippen molar-refractivity contribution in [3.8, 4) is 0 Å². The standard InChI is InChI=1S/C30H32N2O4S2/c1-3-5-7-9-11-13-21(33)29-31-23-25(35)17-16-20-18(15-19(17)27(23)37-29)26(36)24-28(20)38-30(32-24)22(34)14-12-10-8-6-4-2/h15-16H,3-14H2,1-2H3. The molecule has 0 unspecified atom stereocenters. The van der Waals surface area contributed by atoms with E-state index in [9.17, 15) is 19.2 Å². The molecule has 5 rings (SSSR count). The molecule has 198 valence electrons. The maximum Gasteiger partial charge on any atom is 0.213 e. The zero-order chi connectivity index (χ0) is 26.8. The van der Waals surface area contributed by atoms with Crippen molar-refractivity contribution >= 4 is 76.2 Å². The van der Waals surface area contributed by atoms with Gasteiger partial charge in [-0.2, -0.15) is 0 Å². The monoisotopic (exact) mass is 548 g/mol. The van der Waals surface area contributed by atoms with E-state index < -0.39 is 0 Å². The van der Waals surface area contributed by atoms with Crippen LogP contribution in [0.2, 0.25) is 0 Å². The van der Waals surface area contributed by atoms with Crippen LogP contribution in [-0.2, 0) is 0 Å². The molecule has 6 nitrogen and oxygen atoms in total. The van der Waals surface area contributed by atoms with E-state index in [-0.39, 0.29) is 22.4 Å². The molecule has 0 saturated heterocycles. The van der Waals surface area contributed by atoms with E-state index in [1.54, 1.807) is 12.1 Å². The number of hydrogen-bond acceptors (Lipinski definition) is 8. The molecule has 0 saturated carbocycles. The zero-order valence-electron chi connectivity index (χ0n) is 22.0. The molecule has 0 fully saturated rings. The molecule has 0 radical (unpaired) electrons. The Morgan fingerprint density at radius 2 is 1.00 bits per heavy atom. The highest BCUT2D eigenvalue weighted by Gasteiger charge is 2.23. The highest BCUT2D eigenvalue weighted by molar-refractivity contribution is 7.22. The highest BCUT2D eigenvalue weighted by Crippen LogP contribution is 2.36. The van der Waals surface area contributed by atoms with Crippen molar-refractivity contribution in [3.63, 3.8) is 0 Å². The average molecular weight is 549 g/mol. The quantitative estimate of drug-likeness (QED) is 0.103. The van der Waals surface area contributed by atoms with Gasteiger partial charge in [-0.25, -0.2) is 9.97 Å². The third-order valence-corrected chi connectivity index (χ3v) is 9.57. The third-order valence-electron chi connectivity index (χ3n) is 7.31. The van der Waals surface area contributed by atoms with E-state index >= 15 is 0 Å². The van der Waals surface area contributed by atoms with Crippen molar-refractivity contribution in [2.75, 3.05) is 0 Å². The summed E-state index contributed by atoms with van der Waals surface area (Å²) in [5.41, 5.74) is 0.174. The van der Waals surface area contributed by atoms with Crippen molar-refractivity contribution in [1.82, 2.24) is 9.97 Å². The van der Waals surface area contributed by atoms with Crippen molar-refractivity contribution in [2.45, 2.75) is 90.9 Å². The molecule has 38 heavy (non-hydrogen) atoms. The first-order chi connectivity index (χ1) is 18.4. The molecule has 0 N–H and O–H groups in total. The summed E-state index contributed by atoms with van der Waals surface area (Å²) in [4.78, 5) is 60.7. The number of Topliss-reactive ketones (excluding diaryl/α,β-unsaturated/α-hetero) is 2. The summed E-state index contributed by atoms with van der Waals surface area (Å²) in [5.74, 6) is -0.0529. The Labute approximate surface area is 228 Å². The molecule has 0 amide bonds. The number of carbonyl (C=O) groups excluding carboxylic acids is 2. The van der Waals surface area contributed by atoms with E-state index in [2.05, 4.69) is 23.8 Å². The molecule has 2 aromatic heterocycles. The van der Waals surface area contributed by atoms with Gasteiger partial charge in [0.2, 0.25) is 10.9 Å². The van der Waals surface area contributed by atoms with Crippen LogP contribution < -0.4 is 10.9 Å². The smallest absolute Gasteiger partial charge is 0.213 e. The van der Waals surface area contributed by atoms with E-state index in [1.807, 2.05) is 0 Å². The van der Waals surface area contributed by atoms with Crippen LogP contribution in [0.1, 0.15) is 111 Å². The van der Waals surface area contributed by atoms with E-state index in [0.29, 0.717) is 64.8 Å². The maximum atomic E-state index is 13.2. The topological polar surface area (TPSA) is 94.1 Å². The van der Waals surface area contributed by atoms with Gasteiger partial charge in [-0.1, -0.05) is 65.2 Å². The summed E-state index contributed by atoms with van der Waals surface area (Å²) in [5, 5.41) is 3.05. The molecule has 0 atom stereocenters. The van der Waals surface area contributed by atoms with E-state index in [0.717, 1.165) is 51.4 Å². The van der Waals surface area contributed by atoms with Gasteiger partial charge in [0.15, 0.2) is 21.6 Å². The first-order valence-electron chi connectivity index (χ1n) is 13.8. The predicted octanol–water partition coefficient (Wildman–Crippen LogP) is 7.89. The minimum atomic E-state index is -0.218. The number of rotatable bonds is 14. The van der Waals surface area contributed by atoms with Crippen molar-refractivity contribution < 1.29 is 9.59 Å². The van der Waals surface area contributed by atoms with Gasteiger partial charge in [0, 0.05) is 34.4 Å². The number of fused-ring (bicyclic) bond motifs is 6. The fraction of sp³-hybridized carbons (Fsp3) is 0.467. The first kappa shape index (κ1) is 26.8. The average Bonchev–Trinajstić information content (AvgIpc) is 3.66. The lowest BCUT2D eigenvalue weighted by Crippen LogP contribution is -2.01. The van der Waals surface area contributed by atoms with Crippen LogP contribution in [0.25, 0.3) is 42.0 Å². The number of benzene rings is 1. The normalized spacial score (nSPS) is 12.1. The van der Waals surface area contributed by atoms with Gasteiger partial charge in [0.05, 0.1) is 9.40 Å². The molecule has 0 aliphatic heterocycles. The van der Waals surface area contributed by atoms with Crippen LogP contribution in [0.5, 0.6) is 0 Å². The van der Waals surface area contributed by atoms with Crippen LogP contribution in [0.15, 0.2) is 21.7 Å². The van der Waals surface area contributed by atoms with Gasteiger partial charge in [0.1, 0.15) is 11.0 Å². The fourth-order valence-corrected chi connectivity index (χ4v) is 7.27. The van der Waals surface area contributed by atoms with Gasteiger partial charge in [-0.05, 0) is 25.0 Å². The Morgan fingerprint density at radius 3 is 1.39 bits per heavy atom. The van der Waals surface area contributed by atoms with Crippen LogP contribution in [-0.4, -0.2) is 21.5 Å². The number of aromatic nitrogens is 2. The minimum Gasteiger partial charge on any atom is -0.292 e. The van der Waals surface area contributed by atoms with Crippen molar-refractivity contribution in [1.29, 1.82) is 0 Å². The Balaban J connectivity index is 1.43. The number of unbranched alkanes of at least 4 members (excludes halogenated alkanes) is 8. The summed E-state index contributed by atoms with van der Waals surface area (Å²) in [7, 11) is 0. The summed E-state index contributed by atoms with van der Waals surface area (Å²) < 4.78 is 1.33. The molecule has 0 bridgehead atoms. The van der Waals surface area contributed by atoms with E-state index in [4.69, 9.17) is 0 Å². The lowest BCUT2D eigenvalue weighted by atomic mass is 10.1. The number of hydrogen-bond donors (Lipinski definition) is 0. The number of thiazole rings is 2. The predicted molar refractivity (Wildman–Crippen MR) is 158 cm³/mol. The van der Waals surface area contributed by atoms with Gasteiger partial charge < -0.3 is 0 Å². The molecule has 0 spiro atoms. The van der Waals surface area contributed by atoms with Crippen molar-refractivity contribution in [2.24, 2.45) is 0 Å². The number of carbonyl (C=O) groups is 2. The Kier molecular flexibility index (Phi) is 8.09. The Morgan fingerprint density at radius 1 is 0.605 bits per heavy atom. The molecular formula is C30H32N2O4S2. The molecule has 0 aliphatic rings. The van der Waals surface area contributed by atoms with Gasteiger partial charge >= 0.3 is 0 Å². The second-order valence-electron chi connectivity index (χ2n) is 10.2. The summed E-state index contributed by atoms with van der Waals surface area (Å²) >= 11 is 2.49. The molecule has 8 heteroatoms. The zero-order valence-corrected chi connectivity index (χ0v) is 23.6. The summed E-state index contributed by atoms with van der Waals surface area (Å²) in [6, 6.07) is 3.50. The fourth-order valence-electron chi connectivity index (χ4n) is 5.15. The van der Waals surface area contributed by atoms with Crippen LogP contribution in [0.3, 0.4) is 0 Å². The van der Waals surface area contributed by atoms with Gasteiger partial charge in [-0.15, -0.1) is 22.7 Å². The Hall–Kier alpha value is -2.84. The van der Waals surface area contributed by atoms with Gasteiger partial charge in [-0.3, -0.25) is 19.2 Å². The van der Waals surface area contributed by atoms with Gasteiger partial charge in [0.25, 0.3) is 0 Å². The van der Waals surface area contributed by atoms with Crippen LogP contribution in [0, 0.1) is 0 Å². The van der Waals surface area contributed by atoms with Crippen molar-refractivity contribution in [3.05, 3.63) is 42.6 Å². The summed E-state index contributed by atoms with van der Waals surface area (Å²) in [6.07, 6.45) is 11.5. The van der Waals surface area contributed by atoms with Crippen LogP contribution >= 0.6 is 22.7 Å². The van der Waals surface area contributed by atoms with Crippen LogP contribution in [0.4, 0.5) is 0 Å². The molecule has 0 aliphatic carbocycles. The summed E-state index contributed by atoms with van der Waals surface area (Å²) in [6.45, 7) is 4.32. The lowest BCUT2D eigenvalue weighted by Gasteiger charge is -1.98. The molecule has 5 aromatic rings. The highest BCUT2D eigenvalue weighted by atomic mass is 32.1. The Bertz CT molecular complexity index is 1610. The first-order valence-corrected chi connectivity index (χ1v) is 15.4. The van der Waals surface area contributed by atoms with E-state index in [1.165, 1.54) is 35.5 Å². The number of ketones is 2. The second-order valence-corrected chi connectivity index (χ2v) is 12.2. The lowest BCUT2D eigenvalue weighted by molar-refractivity contribution is 0.0971. The minimum absolute atomic E-state index is 0.0265. The largest absolute Gasteiger partial charge is 0.292 e. The number of nitrogens with zero attached hydrogens (tertiary/aromatic N) is 2. The third kappa shape index (κ3) is 4.96. The molecular weight excluding hydrogens is 516 g/mol. The second kappa shape index (κ2) is 11.5.